The Labute approximate surface area is 221 Å². The van der Waals surface area contributed by atoms with Crippen molar-refractivity contribution in [3.63, 3.8) is 0 Å². The van der Waals surface area contributed by atoms with Crippen molar-refractivity contribution in [3.8, 4) is 11.1 Å². The second kappa shape index (κ2) is 9.66. The summed E-state index contributed by atoms with van der Waals surface area (Å²) >= 11 is 0. The minimum Gasteiger partial charge on any atom is -0.377 e. The highest BCUT2D eigenvalue weighted by Crippen LogP contribution is 2.48. The average Bonchev–Trinajstić information content (AvgIpc) is 3.24. The summed E-state index contributed by atoms with van der Waals surface area (Å²) in [5.41, 5.74) is 4.36. The predicted octanol–water partition coefficient (Wildman–Crippen LogP) is 4.34. The van der Waals surface area contributed by atoms with E-state index in [4.69, 9.17) is 14.2 Å². The molecule has 10 nitrogen and oxygen atoms in total. The topological polar surface area (TPSA) is 134 Å². The predicted molar refractivity (Wildman–Crippen MR) is 146 cm³/mol. The van der Waals surface area contributed by atoms with Gasteiger partial charge in [-0.15, -0.1) is 0 Å². The monoisotopic (exact) mass is 535 g/mol. The van der Waals surface area contributed by atoms with Crippen LogP contribution < -0.4 is 10.2 Å². The number of hydrogen-bond acceptors (Lipinski definition) is 9. The van der Waals surface area contributed by atoms with E-state index in [2.05, 4.69) is 32.5 Å². The maximum absolute atomic E-state index is 13.2. The molecule has 2 aliphatic rings. The van der Waals surface area contributed by atoms with E-state index in [0.717, 1.165) is 33.5 Å². The summed E-state index contributed by atoms with van der Waals surface area (Å²) in [6.07, 6.45) is 0. The number of ether oxygens (including phenoxy) is 1. The smallest absolute Gasteiger partial charge is 0.289 e. The number of carbonyl (C=O) groups excluding carboxylic acids is 1. The molecule has 2 aliphatic heterocycles. The lowest BCUT2D eigenvalue weighted by molar-refractivity contribution is 0.0924. The number of aromatic nitrogens is 3. The number of rotatable bonds is 5. The number of hydrogen-bond donors (Lipinski definition) is 3. The summed E-state index contributed by atoms with van der Waals surface area (Å²) in [6, 6.07) is 15.6. The van der Waals surface area contributed by atoms with Crippen LogP contribution in [0.1, 0.15) is 33.7 Å². The van der Waals surface area contributed by atoms with Gasteiger partial charge < -0.3 is 19.5 Å². The summed E-state index contributed by atoms with van der Waals surface area (Å²) in [5, 5.41) is 7.76. The molecular weight excluding hydrogens is 506 g/mol. The van der Waals surface area contributed by atoms with Crippen molar-refractivity contribution in [3.05, 3.63) is 71.4 Å². The Hall–Kier alpha value is -3.51. The van der Waals surface area contributed by atoms with Gasteiger partial charge in [-0.3, -0.25) is 13.9 Å². The van der Waals surface area contributed by atoms with Gasteiger partial charge in [-0.05, 0) is 37.1 Å². The second-order valence-corrected chi connectivity index (χ2v) is 12.1. The van der Waals surface area contributed by atoms with E-state index in [1.165, 1.54) is 0 Å². The van der Waals surface area contributed by atoms with Gasteiger partial charge in [-0.2, -0.15) is 10.6 Å². The largest absolute Gasteiger partial charge is 0.377 e. The first-order chi connectivity index (χ1) is 18.3. The second-order valence-electron chi connectivity index (χ2n) is 9.80. The van der Waals surface area contributed by atoms with Crippen LogP contribution in [0.15, 0.2) is 53.1 Å². The molecule has 3 N–H and O–H groups in total. The fourth-order valence-corrected chi connectivity index (χ4v) is 6.58. The van der Waals surface area contributed by atoms with E-state index in [1.807, 2.05) is 50.2 Å². The van der Waals surface area contributed by atoms with Crippen LogP contribution in [0.2, 0.25) is 0 Å². The molecule has 1 unspecified atom stereocenters. The summed E-state index contributed by atoms with van der Waals surface area (Å²) in [7, 11) is -2.58. The van der Waals surface area contributed by atoms with Gasteiger partial charge in [-0.25, -0.2) is 9.97 Å². The molecule has 0 bridgehead atoms. The number of fused-ring (bicyclic) bond motifs is 1. The number of amides is 1. The molecule has 0 aliphatic carbocycles. The molecule has 2 saturated heterocycles. The summed E-state index contributed by atoms with van der Waals surface area (Å²) in [6.45, 7) is 5.39. The van der Waals surface area contributed by atoms with E-state index >= 15 is 0 Å². The SMILES string of the molecule is Cc1noc(C)c1-c1ccc2nc(C(=O)NC3CS(O)(O)C3)nc(N3CCOCC3c3ccccc3)c2c1. The van der Waals surface area contributed by atoms with Gasteiger partial charge in [0.1, 0.15) is 11.6 Å². The van der Waals surface area contributed by atoms with Gasteiger partial charge in [0.2, 0.25) is 5.82 Å². The number of nitrogens with one attached hydrogen (secondary N) is 1. The van der Waals surface area contributed by atoms with E-state index < -0.39 is 16.5 Å². The fraction of sp³-hybridized carbons (Fsp3) is 0.333. The Morgan fingerprint density at radius 1 is 1.11 bits per heavy atom. The zero-order chi connectivity index (χ0) is 26.4. The lowest BCUT2D eigenvalue weighted by atomic mass is 10.0. The Morgan fingerprint density at radius 3 is 2.61 bits per heavy atom. The van der Waals surface area contributed by atoms with Crippen molar-refractivity contribution in [1.82, 2.24) is 20.4 Å². The van der Waals surface area contributed by atoms with Crippen molar-refractivity contribution in [1.29, 1.82) is 0 Å². The molecule has 2 aromatic carbocycles. The molecule has 0 spiro atoms. The van der Waals surface area contributed by atoms with Crippen LogP contribution in [0.4, 0.5) is 5.82 Å². The fourth-order valence-electron chi connectivity index (χ4n) is 5.22. The van der Waals surface area contributed by atoms with Crippen LogP contribution in [0.25, 0.3) is 22.0 Å². The Balaban J connectivity index is 1.46. The van der Waals surface area contributed by atoms with Crippen LogP contribution in [-0.4, -0.2) is 67.4 Å². The highest BCUT2D eigenvalue weighted by molar-refractivity contribution is 8.25. The van der Waals surface area contributed by atoms with Gasteiger partial charge >= 0.3 is 0 Å². The zero-order valence-corrected chi connectivity index (χ0v) is 21.9. The first-order valence-corrected chi connectivity index (χ1v) is 14.4. The van der Waals surface area contributed by atoms with E-state index in [1.54, 1.807) is 0 Å². The minimum atomic E-state index is -2.58. The maximum Gasteiger partial charge on any atom is 0.289 e. The molecule has 4 aromatic rings. The molecule has 4 heterocycles. The molecule has 6 rings (SSSR count). The molecule has 11 heteroatoms. The molecule has 1 amide bonds. The number of morpholine rings is 1. The van der Waals surface area contributed by atoms with Crippen LogP contribution in [0.3, 0.4) is 0 Å². The van der Waals surface area contributed by atoms with Crippen molar-refractivity contribution in [2.75, 3.05) is 36.2 Å². The Bertz CT molecular complexity index is 1480. The lowest BCUT2D eigenvalue weighted by Gasteiger charge is -2.46. The lowest BCUT2D eigenvalue weighted by Crippen LogP contribution is -2.50. The minimum absolute atomic E-state index is 0.0410. The van der Waals surface area contributed by atoms with Gasteiger partial charge in [0, 0.05) is 17.5 Å². The van der Waals surface area contributed by atoms with Crippen molar-refractivity contribution in [2.24, 2.45) is 0 Å². The number of aryl methyl sites for hydroxylation is 2. The Kier molecular flexibility index (Phi) is 6.31. The van der Waals surface area contributed by atoms with Crippen molar-refractivity contribution in [2.45, 2.75) is 25.9 Å². The first-order valence-electron chi connectivity index (χ1n) is 12.5. The maximum atomic E-state index is 13.2. The van der Waals surface area contributed by atoms with E-state index in [-0.39, 0.29) is 29.4 Å². The van der Waals surface area contributed by atoms with Gasteiger partial charge in [0.05, 0.1) is 48.0 Å². The number of anilines is 1. The standard InChI is InChI=1S/C27H29N5O5S/c1-16-24(17(2)37-31-16)19-8-9-22-21(12-19)26(30-25(29-22)27(33)28-20-14-38(34,35)15-20)32-10-11-36-13-23(32)18-6-4-3-5-7-18/h3-9,12,20,23,34-35H,10-11,13-15H2,1-2H3,(H,28,33). The van der Waals surface area contributed by atoms with Crippen molar-refractivity contribution < 1.29 is 23.2 Å². The van der Waals surface area contributed by atoms with E-state index in [0.29, 0.717) is 31.1 Å². The molecule has 2 fully saturated rings. The summed E-state index contributed by atoms with van der Waals surface area (Å²) < 4.78 is 30.7. The van der Waals surface area contributed by atoms with Crippen LogP contribution in [0, 0.1) is 13.8 Å². The highest BCUT2D eigenvalue weighted by Gasteiger charge is 2.36. The molecule has 0 saturated carbocycles. The first kappa shape index (κ1) is 24.8. The third-order valence-electron chi connectivity index (χ3n) is 7.06. The van der Waals surface area contributed by atoms with Crippen molar-refractivity contribution >= 4 is 33.2 Å². The van der Waals surface area contributed by atoms with Crippen LogP contribution >= 0.6 is 10.6 Å². The summed E-state index contributed by atoms with van der Waals surface area (Å²) in [5.74, 6) is 1.27. The third kappa shape index (κ3) is 4.62. The van der Waals surface area contributed by atoms with Gasteiger partial charge in [0.15, 0.2) is 0 Å². The quantitative estimate of drug-likeness (QED) is 0.341. The molecular formula is C27H29N5O5S. The van der Waals surface area contributed by atoms with Crippen LogP contribution in [-0.2, 0) is 4.74 Å². The zero-order valence-electron chi connectivity index (χ0n) is 21.1. The number of carbonyl (C=O) groups is 1. The third-order valence-corrected chi connectivity index (χ3v) is 8.93. The van der Waals surface area contributed by atoms with Gasteiger partial charge in [0.25, 0.3) is 5.91 Å². The number of benzene rings is 2. The number of nitrogens with zero attached hydrogens (tertiary/aromatic N) is 4. The Morgan fingerprint density at radius 2 is 1.89 bits per heavy atom. The molecule has 2 aromatic heterocycles. The molecule has 1 atom stereocenters. The van der Waals surface area contributed by atoms with Gasteiger partial charge in [-0.1, -0.05) is 41.6 Å². The molecule has 198 valence electrons. The average molecular weight is 536 g/mol. The molecule has 0 radical (unpaired) electrons. The summed E-state index contributed by atoms with van der Waals surface area (Å²) in [4.78, 5) is 24.8. The van der Waals surface area contributed by atoms with E-state index in [9.17, 15) is 13.9 Å². The normalized spacial score (nSPS) is 20.2. The molecule has 38 heavy (non-hydrogen) atoms. The highest BCUT2D eigenvalue weighted by atomic mass is 32.3. The van der Waals surface area contributed by atoms with Crippen LogP contribution in [0.5, 0.6) is 0 Å².